The summed E-state index contributed by atoms with van der Waals surface area (Å²) >= 11 is 0. The summed E-state index contributed by atoms with van der Waals surface area (Å²) in [4.78, 5) is 27.1. The number of rotatable bonds is 4. The highest BCUT2D eigenvalue weighted by molar-refractivity contribution is 5.93. The van der Waals surface area contributed by atoms with Gasteiger partial charge in [0.1, 0.15) is 13.2 Å². The molecule has 0 radical (unpaired) electrons. The maximum Gasteiger partial charge on any atom is 0.227 e. The largest absolute Gasteiger partial charge is 0.486 e. The molecule has 0 bridgehead atoms. The molecular weight excluding hydrogens is 368 g/mol. The minimum atomic E-state index is -0.0911. The fourth-order valence-corrected chi connectivity index (χ4v) is 3.75. The number of nitrogens with one attached hydrogen (secondary N) is 1. The highest BCUT2D eigenvalue weighted by Crippen LogP contribution is 2.33. The average molecular weight is 394 g/mol. The van der Waals surface area contributed by atoms with Gasteiger partial charge in [-0.1, -0.05) is 29.8 Å². The molecule has 0 aromatic heterocycles. The van der Waals surface area contributed by atoms with Gasteiger partial charge >= 0.3 is 0 Å². The molecule has 0 aliphatic carbocycles. The lowest BCUT2D eigenvalue weighted by Crippen LogP contribution is -2.42. The number of nitrogens with zero attached hydrogens (tertiary/aromatic N) is 1. The Hall–Kier alpha value is -3.02. The average Bonchev–Trinajstić information content (AvgIpc) is 2.75. The Morgan fingerprint density at radius 3 is 2.41 bits per heavy atom. The van der Waals surface area contributed by atoms with Crippen molar-refractivity contribution in [1.82, 2.24) is 4.90 Å². The molecule has 2 aromatic rings. The Balaban J connectivity index is 1.28. The lowest BCUT2D eigenvalue weighted by molar-refractivity contribution is -0.133. The molecule has 2 heterocycles. The zero-order valence-electron chi connectivity index (χ0n) is 16.6. The summed E-state index contributed by atoms with van der Waals surface area (Å²) in [5.41, 5.74) is 2.92. The first-order chi connectivity index (χ1) is 14.1. The number of benzene rings is 2. The van der Waals surface area contributed by atoms with E-state index in [0.29, 0.717) is 62.8 Å². The Bertz CT molecular complexity index is 886. The molecule has 0 spiro atoms. The standard InChI is InChI=1S/C23H26N2O4/c1-16-2-4-17(5-3-16)14-22(26)25-10-8-18(9-11-25)23(27)24-19-6-7-20-21(15-19)29-13-12-28-20/h2-7,15,18H,8-14H2,1H3,(H,24,27). The molecule has 2 aliphatic rings. The van der Waals surface area contributed by atoms with Gasteiger partial charge in [0.05, 0.1) is 6.42 Å². The molecule has 152 valence electrons. The zero-order chi connectivity index (χ0) is 20.2. The van der Waals surface area contributed by atoms with Gasteiger partial charge in [-0.25, -0.2) is 0 Å². The van der Waals surface area contributed by atoms with Crippen LogP contribution >= 0.6 is 0 Å². The molecule has 2 aromatic carbocycles. The van der Waals surface area contributed by atoms with E-state index in [4.69, 9.17) is 9.47 Å². The van der Waals surface area contributed by atoms with Crippen molar-refractivity contribution in [3.63, 3.8) is 0 Å². The van der Waals surface area contributed by atoms with Gasteiger partial charge < -0.3 is 19.7 Å². The molecule has 6 nitrogen and oxygen atoms in total. The summed E-state index contributed by atoms with van der Waals surface area (Å²) in [6.07, 6.45) is 1.76. The Kier molecular flexibility index (Phi) is 5.69. The first kappa shape index (κ1) is 19.3. The predicted molar refractivity (Wildman–Crippen MR) is 110 cm³/mol. The van der Waals surface area contributed by atoms with Gasteiger partial charge in [0.2, 0.25) is 11.8 Å². The number of carbonyl (C=O) groups excluding carboxylic acids is 2. The normalized spacial score (nSPS) is 16.4. The number of fused-ring (bicyclic) bond motifs is 1. The van der Waals surface area contributed by atoms with Crippen molar-refractivity contribution >= 4 is 17.5 Å². The number of carbonyl (C=O) groups is 2. The van der Waals surface area contributed by atoms with Crippen LogP contribution in [-0.2, 0) is 16.0 Å². The second-order valence-corrected chi connectivity index (χ2v) is 7.67. The van der Waals surface area contributed by atoms with Crippen LogP contribution in [0.4, 0.5) is 5.69 Å². The van der Waals surface area contributed by atoms with Crippen molar-refractivity contribution in [1.29, 1.82) is 0 Å². The number of hydrogen-bond donors (Lipinski definition) is 1. The Morgan fingerprint density at radius 1 is 1.00 bits per heavy atom. The van der Waals surface area contributed by atoms with E-state index in [-0.39, 0.29) is 17.7 Å². The fourth-order valence-electron chi connectivity index (χ4n) is 3.75. The van der Waals surface area contributed by atoms with E-state index in [1.807, 2.05) is 48.2 Å². The first-order valence-electron chi connectivity index (χ1n) is 10.1. The molecule has 2 aliphatic heterocycles. The highest BCUT2D eigenvalue weighted by Gasteiger charge is 2.27. The molecule has 0 unspecified atom stereocenters. The topological polar surface area (TPSA) is 67.9 Å². The number of aryl methyl sites for hydroxylation is 1. The van der Waals surface area contributed by atoms with Crippen molar-refractivity contribution in [2.45, 2.75) is 26.2 Å². The van der Waals surface area contributed by atoms with Gasteiger partial charge in [-0.05, 0) is 37.5 Å². The molecule has 2 amide bonds. The van der Waals surface area contributed by atoms with Crippen LogP contribution in [0.15, 0.2) is 42.5 Å². The molecule has 1 N–H and O–H groups in total. The second kappa shape index (κ2) is 8.55. The third-order valence-electron chi connectivity index (χ3n) is 5.50. The van der Waals surface area contributed by atoms with Crippen molar-refractivity contribution in [3.05, 3.63) is 53.6 Å². The lowest BCUT2D eigenvalue weighted by Gasteiger charge is -2.31. The maximum absolute atomic E-state index is 12.6. The second-order valence-electron chi connectivity index (χ2n) is 7.67. The van der Waals surface area contributed by atoms with Crippen LogP contribution in [0.3, 0.4) is 0 Å². The van der Waals surface area contributed by atoms with Crippen LogP contribution in [0, 0.1) is 12.8 Å². The number of piperidine rings is 1. The monoisotopic (exact) mass is 394 g/mol. The van der Waals surface area contributed by atoms with Gasteiger partial charge in [0.15, 0.2) is 11.5 Å². The molecule has 1 fully saturated rings. The molecular formula is C23H26N2O4. The third kappa shape index (κ3) is 4.70. The molecule has 0 atom stereocenters. The van der Waals surface area contributed by atoms with Gasteiger partial charge in [-0.2, -0.15) is 0 Å². The molecule has 4 rings (SSSR count). The number of hydrogen-bond acceptors (Lipinski definition) is 4. The third-order valence-corrected chi connectivity index (χ3v) is 5.50. The first-order valence-corrected chi connectivity index (χ1v) is 10.1. The molecule has 0 saturated carbocycles. The molecule has 1 saturated heterocycles. The summed E-state index contributed by atoms with van der Waals surface area (Å²) in [7, 11) is 0. The van der Waals surface area contributed by atoms with Crippen molar-refractivity contribution in [2.75, 3.05) is 31.6 Å². The molecule has 29 heavy (non-hydrogen) atoms. The van der Waals surface area contributed by atoms with E-state index in [9.17, 15) is 9.59 Å². The van der Waals surface area contributed by atoms with E-state index < -0.39 is 0 Å². The summed E-state index contributed by atoms with van der Waals surface area (Å²) in [5, 5.41) is 2.97. The van der Waals surface area contributed by atoms with E-state index >= 15 is 0 Å². The highest BCUT2D eigenvalue weighted by atomic mass is 16.6. The number of anilines is 1. The summed E-state index contributed by atoms with van der Waals surface area (Å²) in [5.74, 6) is 1.39. The SMILES string of the molecule is Cc1ccc(CC(=O)N2CCC(C(=O)Nc3ccc4c(c3)OCCO4)CC2)cc1. The quantitative estimate of drug-likeness (QED) is 0.865. The van der Waals surface area contributed by atoms with Crippen LogP contribution in [0.25, 0.3) is 0 Å². The van der Waals surface area contributed by atoms with E-state index in [0.717, 1.165) is 5.56 Å². The Labute approximate surface area is 170 Å². The van der Waals surface area contributed by atoms with Gasteiger partial charge in [-0.3, -0.25) is 9.59 Å². The minimum Gasteiger partial charge on any atom is -0.486 e. The van der Waals surface area contributed by atoms with Gasteiger partial charge in [-0.15, -0.1) is 0 Å². The van der Waals surface area contributed by atoms with Crippen LogP contribution in [0.2, 0.25) is 0 Å². The van der Waals surface area contributed by atoms with Crippen LogP contribution in [0.5, 0.6) is 11.5 Å². The zero-order valence-corrected chi connectivity index (χ0v) is 16.6. The minimum absolute atomic E-state index is 0.00712. The van der Waals surface area contributed by atoms with Crippen molar-refractivity contribution in [2.24, 2.45) is 5.92 Å². The maximum atomic E-state index is 12.6. The number of ether oxygens (including phenoxy) is 2. The van der Waals surface area contributed by atoms with Gasteiger partial charge in [0, 0.05) is 30.8 Å². The van der Waals surface area contributed by atoms with E-state index in [2.05, 4.69) is 5.32 Å². The Morgan fingerprint density at radius 2 is 1.69 bits per heavy atom. The van der Waals surface area contributed by atoms with Crippen LogP contribution in [-0.4, -0.2) is 43.0 Å². The molecule has 6 heteroatoms. The fraction of sp³-hybridized carbons (Fsp3) is 0.391. The number of amides is 2. The van der Waals surface area contributed by atoms with E-state index in [1.165, 1.54) is 5.56 Å². The summed E-state index contributed by atoms with van der Waals surface area (Å²) < 4.78 is 11.1. The van der Waals surface area contributed by atoms with Crippen molar-refractivity contribution < 1.29 is 19.1 Å². The summed E-state index contributed by atoms with van der Waals surface area (Å²) in [6.45, 7) is 4.32. The van der Waals surface area contributed by atoms with Crippen LogP contribution < -0.4 is 14.8 Å². The van der Waals surface area contributed by atoms with Gasteiger partial charge in [0.25, 0.3) is 0 Å². The van der Waals surface area contributed by atoms with Crippen molar-refractivity contribution in [3.8, 4) is 11.5 Å². The summed E-state index contributed by atoms with van der Waals surface area (Å²) in [6, 6.07) is 13.5. The van der Waals surface area contributed by atoms with Crippen LogP contribution in [0.1, 0.15) is 24.0 Å². The number of likely N-dealkylation sites (tertiary alicyclic amines) is 1. The smallest absolute Gasteiger partial charge is 0.227 e. The predicted octanol–water partition coefficient (Wildman–Crippen LogP) is 3.19. The van der Waals surface area contributed by atoms with E-state index in [1.54, 1.807) is 6.07 Å². The lowest BCUT2D eigenvalue weighted by atomic mass is 9.95.